The Hall–Kier alpha value is -0.480. The van der Waals surface area contributed by atoms with E-state index in [2.05, 4.69) is 5.32 Å². The maximum Gasteiger partial charge on any atom is 0.315 e. The summed E-state index contributed by atoms with van der Waals surface area (Å²) in [6.45, 7) is 1.39. The van der Waals surface area contributed by atoms with E-state index in [4.69, 9.17) is 27.9 Å². The van der Waals surface area contributed by atoms with Crippen molar-refractivity contribution in [2.75, 3.05) is 6.61 Å². The Bertz CT molecular complexity index is 380. The maximum atomic E-state index is 11.8. The van der Waals surface area contributed by atoms with E-state index in [1.165, 1.54) is 6.42 Å². The minimum atomic E-state index is -1.05. The van der Waals surface area contributed by atoms with Gasteiger partial charge in [-0.2, -0.15) is 0 Å². The summed E-state index contributed by atoms with van der Waals surface area (Å²) in [6.07, 6.45) is 5.89. The smallest absolute Gasteiger partial charge is 0.315 e. The van der Waals surface area contributed by atoms with E-state index in [1.807, 2.05) is 0 Å². The molecule has 0 heterocycles. The van der Waals surface area contributed by atoms with Crippen LogP contribution in [0.25, 0.3) is 0 Å². The molecule has 4 nitrogen and oxygen atoms in total. The molecule has 0 aromatic rings. The lowest BCUT2D eigenvalue weighted by Gasteiger charge is -2.22. The van der Waals surface area contributed by atoms with E-state index in [0.29, 0.717) is 6.42 Å². The number of halogens is 2. The van der Waals surface area contributed by atoms with Gasteiger partial charge < -0.3 is 10.1 Å². The van der Waals surface area contributed by atoms with E-state index in [0.717, 1.165) is 25.7 Å². The summed E-state index contributed by atoms with van der Waals surface area (Å²) in [5.74, 6) is -0.754. The minimum absolute atomic E-state index is 0.219. The van der Waals surface area contributed by atoms with Gasteiger partial charge in [0.25, 0.3) is 5.91 Å². The lowest BCUT2D eigenvalue weighted by atomic mass is 9.95. The van der Waals surface area contributed by atoms with Crippen LogP contribution in [0.3, 0.4) is 0 Å². The Balaban J connectivity index is 1.70. The van der Waals surface area contributed by atoms with Crippen LogP contribution < -0.4 is 5.32 Å². The molecule has 0 spiro atoms. The van der Waals surface area contributed by atoms with E-state index >= 15 is 0 Å². The molecule has 2 aliphatic rings. The first-order chi connectivity index (χ1) is 8.85. The summed E-state index contributed by atoms with van der Waals surface area (Å²) in [6, 6.07) is 0.219. The maximum absolute atomic E-state index is 11.8. The molecule has 2 saturated carbocycles. The van der Waals surface area contributed by atoms with Gasteiger partial charge in [0.05, 0.1) is 0 Å². The number of hydrogen-bond acceptors (Lipinski definition) is 3. The molecule has 1 N–H and O–H groups in total. The van der Waals surface area contributed by atoms with Crippen molar-refractivity contribution in [1.82, 2.24) is 5.32 Å². The van der Waals surface area contributed by atoms with Gasteiger partial charge >= 0.3 is 5.97 Å². The highest BCUT2D eigenvalue weighted by Crippen LogP contribution is 2.64. The van der Waals surface area contributed by atoms with E-state index < -0.39 is 15.7 Å². The Morgan fingerprint density at radius 1 is 1.26 bits per heavy atom. The number of alkyl halides is 2. The quantitative estimate of drug-likeness (QED) is 0.641. The fraction of sp³-hybridized carbons (Fsp3) is 0.846. The number of hydrogen-bond donors (Lipinski definition) is 1. The van der Waals surface area contributed by atoms with Gasteiger partial charge in [-0.1, -0.05) is 19.3 Å². The summed E-state index contributed by atoms with van der Waals surface area (Å²) >= 11 is 11.8. The monoisotopic (exact) mass is 307 g/mol. The van der Waals surface area contributed by atoms with Crippen molar-refractivity contribution in [2.45, 2.75) is 55.8 Å². The highest BCUT2D eigenvalue weighted by Gasteiger charge is 2.69. The number of rotatable bonds is 4. The predicted octanol–water partition coefficient (Wildman–Crippen LogP) is 2.56. The Morgan fingerprint density at radius 3 is 2.37 bits per heavy atom. The average Bonchev–Trinajstić information content (AvgIpc) is 2.88. The number of amides is 1. The van der Waals surface area contributed by atoms with Gasteiger partial charge in [-0.15, -0.1) is 23.2 Å². The first-order valence-corrected chi connectivity index (χ1v) is 7.45. The van der Waals surface area contributed by atoms with Crippen LogP contribution in [-0.2, 0) is 14.3 Å². The van der Waals surface area contributed by atoms with Crippen LogP contribution >= 0.6 is 23.2 Å². The molecule has 1 atom stereocenters. The fourth-order valence-electron chi connectivity index (χ4n) is 2.43. The molecule has 0 unspecified atom stereocenters. The first kappa shape index (κ1) is 14.9. The highest BCUT2D eigenvalue weighted by atomic mass is 35.5. The minimum Gasteiger partial charge on any atom is -0.455 e. The van der Waals surface area contributed by atoms with Crippen molar-refractivity contribution in [3.8, 4) is 0 Å². The first-order valence-electron chi connectivity index (χ1n) is 6.69. The van der Waals surface area contributed by atoms with E-state index in [9.17, 15) is 9.59 Å². The molecule has 0 aromatic carbocycles. The summed E-state index contributed by atoms with van der Waals surface area (Å²) in [5, 5.41) is 2.88. The van der Waals surface area contributed by atoms with Crippen LogP contribution in [0, 0.1) is 5.41 Å². The van der Waals surface area contributed by atoms with Crippen molar-refractivity contribution >= 4 is 35.1 Å². The lowest BCUT2D eigenvalue weighted by molar-refractivity contribution is -0.153. The third kappa shape index (κ3) is 3.34. The molecule has 6 heteroatoms. The van der Waals surface area contributed by atoms with Crippen LogP contribution in [-0.4, -0.2) is 28.9 Å². The van der Waals surface area contributed by atoms with Crippen LogP contribution in [0.1, 0.15) is 45.4 Å². The van der Waals surface area contributed by atoms with Crippen molar-refractivity contribution in [3.05, 3.63) is 0 Å². The molecule has 0 radical (unpaired) electrons. The van der Waals surface area contributed by atoms with Gasteiger partial charge in [0.1, 0.15) is 9.75 Å². The third-order valence-electron chi connectivity index (χ3n) is 4.01. The van der Waals surface area contributed by atoms with Crippen LogP contribution in [0.15, 0.2) is 0 Å². The summed E-state index contributed by atoms with van der Waals surface area (Å²) in [4.78, 5) is 23.4. The van der Waals surface area contributed by atoms with Crippen molar-refractivity contribution in [1.29, 1.82) is 0 Å². The molecule has 2 aliphatic carbocycles. The second-order valence-corrected chi connectivity index (χ2v) is 7.18. The molecular formula is C13H19Cl2NO3. The zero-order valence-electron chi connectivity index (χ0n) is 11.0. The summed E-state index contributed by atoms with van der Waals surface area (Å²) in [5.41, 5.74) is -0.874. The third-order valence-corrected chi connectivity index (χ3v) is 5.11. The van der Waals surface area contributed by atoms with Crippen LogP contribution in [0.4, 0.5) is 0 Å². The summed E-state index contributed by atoms with van der Waals surface area (Å²) < 4.78 is 3.94. The Labute approximate surface area is 123 Å². The number of esters is 1. The molecule has 1 amide bonds. The largest absolute Gasteiger partial charge is 0.455 e. The van der Waals surface area contributed by atoms with Gasteiger partial charge in [0.15, 0.2) is 6.61 Å². The van der Waals surface area contributed by atoms with E-state index in [1.54, 1.807) is 6.92 Å². The molecular weight excluding hydrogens is 289 g/mol. The van der Waals surface area contributed by atoms with E-state index in [-0.39, 0.29) is 18.6 Å². The van der Waals surface area contributed by atoms with Gasteiger partial charge in [-0.05, 0) is 19.8 Å². The van der Waals surface area contributed by atoms with Gasteiger partial charge in [-0.3, -0.25) is 9.59 Å². The van der Waals surface area contributed by atoms with Crippen LogP contribution in [0.5, 0.6) is 0 Å². The standard InChI is InChI=1S/C13H19Cl2NO3/c1-12(8-13(12,14)15)11(18)19-7-10(17)16-9-5-3-2-4-6-9/h9H,2-8H2,1H3,(H,16,17)/t12-/m0/s1. The van der Waals surface area contributed by atoms with Crippen LogP contribution in [0.2, 0.25) is 0 Å². The average molecular weight is 308 g/mol. The van der Waals surface area contributed by atoms with Crippen molar-refractivity contribution < 1.29 is 14.3 Å². The van der Waals surface area contributed by atoms with Crippen molar-refractivity contribution in [3.63, 3.8) is 0 Å². The normalized spacial score (nSPS) is 29.6. The lowest BCUT2D eigenvalue weighted by Crippen LogP contribution is -2.39. The molecule has 0 bridgehead atoms. The van der Waals surface area contributed by atoms with Gasteiger partial charge in [0.2, 0.25) is 0 Å². The SMILES string of the molecule is C[C@@]1(C(=O)OCC(=O)NC2CCCCC2)CC1(Cl)Cl. The zero-order chi connectivity index (χ0) is 14.1. The highest BCUT2D eigenvalue weighted by molar-refractivity contribution is 6.53. The zero-order valence-corrected chi connectivity index (χ0v) is 12.5. The summed E-state index contributed by atoms with van der Waals surface area (Å²) in [7, 11) is 0. The second kappa shape index (κ2) is 5.49. The fourth-order valence-corrected chi connectivity index (χ4v) is 3.12. The number of ether oxygens (including phenoxy) is 1. The molecule has 19 heavy (non-hydrogen) atoms. The number of carbonyl (C=O) groups is 2. The molecule has 0 aromatic heterocycles. The van der Waals surface area contributed by atoms with Crippen molar-refractivity contribution in [2.24, 2.45) is 5.41 Å². The second-order valence-electron chi connectivity index (χ2n) is 5.69. The van der Waals surface area contributed by atoms with Gasteiger partial charge in [-0.25, -0.2) is 0 Å². The molecule has 2 fully saturated rings. The molecule has 108 valence electrons. The molecule has 0 aliphatic heterocycles. The number of carbonyl (C=O) groups excluding carboxylic acids is 2. The molecule has 2 rings (SSSR count). The topological polar surface area (TPSA) is 55.4 Å². The Morgan fingerprint density at radius 2 is 1.84 bits per heavy atom. The number of nitrogens with one attached hydrogen (secondary N) is 1. The predicted molar refractivity (Wildman–Crippen MR) is 73.1 cm³/mol. The molecule has 0 saturated heterocycles. The van der Waals surface area contributed by atoms with Gasteiger partial charge in [0, 0.05) is 12.5 Å². The Kier molecular flexibility index (Phi) is 4.31.